The number of anilines is 1. The minimum absolute atomic E-state index is 0.0395. The number of hydrogen-bond donors (Lipinski definition) is 0. The van der Waals surface area contributed by atoms with Crippen molar-refractivity contribution >= 4 is 35.1 Å². The van der Waals surface area contributed by atoms with Gasteiger partial charge in [-0.2, -0.15) is 4.90 Å². The molecule has 0 radical (unpaired) electrons. The summed E-state index contributed by atoms with van der Waals surface area (Å²) in [5.74, 6) is -1.63. The molecule has 300 valence electrons. The number of rotatable bonds is 9. The fraction of sp³-hybridized carbons (Fsp3) is 0.372. The van der Waals surface area contributed by atoms with Crippen LogP contribution in [0.1, 0.15) is 78.1 Å². The molecule has 3 aromatic carbocycles. The second kappa shape index (κ2) is 15.3. The van der Waals surface area contributed by atoms with E-state index in [0.717, 1.165) is 22.3 Å². The Kier molecular flexibility index (Phi) is 10.6. The number of ether oxygens (including phenoxy) is 5. The summed E-state index contributed by atoms with van der Waals surface area (Å²) in [7, 11) is 0. The topological polar surface area (TPSA) is 176 Å². The van der Waals surface area contributed by atoms with Gasteiger partial charge in [0.25, 0.3) is 0 Å². The molecule has 15 nitrogen and oxygen atoms in total. The van der Waals surface area contributed by atoms with Gasteiger partial charge in [0.1, 0.15) is 29.0 Å². The number of imidazole rings is 1. The Morgan fingerprint density at radius 1 is 0.828 bits per heavy atom. The van der Waals surface area contributed by atoms with Crippen LogP contribution in [0, 0.1) is 0 Å². The molecule has 2 amide bonds. The monoisotopic (exact) mass is 786 g/mol. The van der Waals surface area contributed by atoms with Gasteiger partial charge in [-0.05, 0) is 88.3 Å². The molecule has 1 aliphatic heterocycles. The van der Waals surface area contributed by atoms with Crippen LogP contribution in [0.3, 0.4) is 0 Å². The van der Waals surface area contributed by atoms with Crippen LogP contribution in [0.2, 0.25) is 0 Å². The van der Waals surface area contributed by atoms with Crippen molar-refractivity contribution in [1.82, 2.24) is 19.5 Å². The Morgan fingerprint density at radius 3 is 1.83 bits per heavy atom. The summed E-state index contributed by atoms with van der Waals surface area (Å²) in [6.07, 6.45) is 0.221. The summed E-state index contributed by atoms with van der Waals surface area (Å²) in [4.78, 5) is 44.4. The Hall–Kier alpha value is -6.12. The Balaban J connectivity index is 1.35. The van der Waals surface area contributed by atoms with Gasteiger partial charge in [0.05, 0.1) is 19.0 Å². The van der Waals surface area contributed by atoms with Gasteiger partial charge in [0.15, 0.2) is 22.8 Å². The van der Waals surface area contributed by atoms with E-state index in [4.69, 9.17) is 23.7 Å². The lowest BCUT2D eigenvalue weighted by Crippen LogP contribution is -2.44. The summed E-state index contributed by atoms with van der Waals surface area (Å²) in [6.45, 7) is 13.8. The molecule has 0 N–H and O–H groups in total. The van der Waals surface area contributed by atoms with Gasteiger partial charge in [-0.1, -0.05) is 97.1 Å². The highest BCUT2D eigenvalue weighted by Crippen LogP contribution is 2.47. The largest absolute Gasteiger partial charge is 0.443 e. The number of amides is 2. The first kappa shape index (κ1) is 40.1. The number of nitrogens with zero attached hydrogens (tertiary/aromatic N) is 8. The van der Waals surface area contributed by atoms with E-state index in [1.54, 1.807) is 46.1 Å². The van der Waals surface area contributed by atoms with Crippen molar-refractivity contribution in [3.05, 3.63) is 136 Å². The van der Waals surface area contributed by atoms with Gasteiger partial charge in [-0.3, -0.25) is 0 Å². The summed E-state index contributed by atoms with van der Waals surface area (Å²) < 4.78 is 33.3. The van der Waals surface area contributed by atoms with Crippen molar-refractivity contribution in [2.45, 2.75) is 96.2 Å². The van der Waals surface area contributed by atoms with Gasteiger partial charge in [-0.15, -0.1) is 0 Å². The number of fused-ring (bicyclic) bond motifs is 2. The molecule has 7 rings (SSSR count). The normalized spacial score (nSPS) is 18.9. The van der Waals surface area contributed by atoms with Crippen molar-refractivity contribution in [3.63, 3.8) is 0 Å². The molecule has 15 heteroatoms. The number of aromatic nitrogens is 4. The third-order valence-electron chi connectivity index (χ3n) is 9.42. The minimum Gasteiger partial charge on any atom is -0.443 e. The van der Waals surface area contributed by atoms with Crippen LogP contribution < -0.4 is 4.90 Å². The molecular formula is C43H46N8O7. The van der Waals surface area contributed by atoms with E-state index < -0.39 is 53.0 Å². The quantitative estimate of drug-likeness (QED) is 0.0460. The number of azide groups is 1. The maximum absolute atomic E-state index is 13.7. The second-order valence-corrected chi connectivity index (χ2v) is 16.5. The molecule has 0 saturated carbocycles. The Morgan fingerprint density at radius 2 is 1.34 bits per heavy atom. The summed E-state index contributed by atoms with van der Waals surface area (Å²) in [5, 5.41) is 3.66. The lowest BCUT2D eigenvalue weighted by atomic mass is 9.80. The first-order chi connectivity index (χ1) is 27.5. The average molecular weight is 787 g/mol. The predicted octanol–water partition coefficient (Wildman–Crippen LogP) is 9.45. The van der Waals surface area contributed by atoms with E-state index in [0.29, 0.717) is 4.90 Å². The third-order valence-corrected chi connectivity index (χ3v) is 9.42. The predicted molar refractivity (Wildman–Crippen MR) is 215 cm³/mol. The number of benzene rings is 3. The van der Waals surface area contributed by atoms with Crippen molar-refractivity contribution in [2.24, 2.45) is 5.11 Å². The zero-order chi connectivity index (χ0) is 41.5. The molecule has 1 saturated heterocycles. The SMILES string of the molecule is CC(C)(C)OC(=O)N(C(=O)OC(C)(C)C)c1nc(N=[N+]=[N-])nc2c1ncn2[C@@H]1C=C(COC(c2ccccc2)(c2ccccc2)c2ccccc2)[C@H]2OC(C)(C)O[C@H]21. The fourth-order valence-corrected chi connectivity index (χ4v) is 7.28. The second-order valence-electron chi connectivity index (χ2n) is 16.5. The standard InChI is InChI=1S/C43H46N8O7/c1-40(2,3)57-38(52)51(39(53)58-41(4,5)6)36-32-35(46-37(47-36)48-49-44)50(26-45-32)31-24-27(33-34(31)56-42(7,8)55-33)25-54-43(28-18-12-9-13-19-28,29-20-14-10-15-21-29)30-22-16-11-17-23-30/h9-24,26,31,33-34H,25H2,1-8H3/t31-,33-,34+/m1/s1. The third kappa shape index (κ3) is 8.02. The molecule has 3 atom stereocenters. The van der Waals surface area contributed by atoms with Gasteiger partial charge >= 0.3 is 12.2 Å². The first-order valence-corrected chi connectivity index (χ1v) is 18.9. The highest BCUT2D eigenvalue weighted by Gasteiger charge is 2.52. The van der Waals surface area contributed by atoms with Crippen LogP contribution in [0.25, 0.3) is 21.6 Å². The zero-order valence-corrected chi connectivity index (χ0v) is 33.7. The summed E-state index contributed by atoms with van der Waals surface area (Å²) in [5.41, 5.74) is 10.3. The van der Waals surface area contributed by atoms with E-state index in [1.807, 2.05) is 74.5 Å². The maximum atomic E-state index is 13.7. The van der Waals surface area contributed by atoms with Gasteiger partial charge in [0, 0.05) is 4.91 Å². The van der Waals surface area contributed by atoms with E-state index in [2.05, 4.69) is 61.4 Å². The van der Waals surface area contributed by atoms with Crippen LogP contribution in [0.15, 0.2) is 114 Å². The smallest absolute Gasteiger partial charge is 0.425 e. The van der Waals surface area contributed by atoms with E-state index in [-0.39, 0.29) is 29.5 Å². The van der Waals surface area contributed by atoms with Gasteiger partial charge in [0.2, 0.25) is 5.95 Å². The van der Waals surface area contributed by atoms with Crippen LogP contribution in [0.4, 0.5) is 21.4 Å². The first-order valence-electron chi connectivity index (χ1n) is 18.9. The molecule has 0 spiro atoms. The molecule has 0 unspecified atom stereocenters. The molecule has 3 heterocycles. The molecule has 1 aliphatic carbocycles. The van der Waals surface area contributed by atoms with Gasteiger partial charge < -0.3 is 28.3 Å². The van der Waals surface area contributed by atoms with Crippen molar-refractivity contribution in [2.75, 3.05) is 11.5 Å². The van der Waals surface area contributed by atoms with Crippen LogP contribution in [0.5, 0.6) is 0 Å². The van der Waals surface area contributed by atoms with Crippen molar-refractivity contribution in [1.29, 1.82) is 0 Å². The zero-order valence-electron chi connectivity index (χ0n) is 33.7. The highest BCUT2D eigenvalue weighted by molar-refractivity contribution is 6.12. The van der Waals surface area contributed by atoms with E-state index in [1.165, 1.54) is 6.33 Å². The maximum Gasteiger partial charge on any atom is 0.425 e. The summed E-state index contributed by atoms with van der Waals surface area (Å²) in [6, 6.07) is 29.6. The molecule has 2 aromatic heterocycles. The number of imide groups is 1. The lowest BCUT2D eigenvalue weighted by molar-refractivity contribution is -0.148. The summed E-state index contributed by atoms with van der Waals surface area (Å²) >= 11 is 0. The lowest BCUT2D eigenvalue weighted by Gasteiger charge is -2.36. The molecule has 5 aromatic rings. The highest BCUT2D eigenvalue weighted by atomic mass is 16.8. The fourth-order valence-electron chi connectivity index (χ4n) is 7.28. The molecular weight excluding hydrogens is 741 g/mol. The Bertz CT molecular complexity index is 2260. The molecule has 2 aliphatic rings. The number of carbonyl (C=O) groups excluding carboxylic acids is 2. The molecule has 1 fully saturated rings. The van der Waals surface area contributed by atoms with E-state index in [9.17, 15) is 15.1 Å². The van der Waals surface area contributed by atoms with Crippen molar-refractivity contribution < 1.29 is 33.3 Å². The van der Waals surface area contributed by atoms with Gasteiger partial charge in [-0.25, -0.2) is 24.5 Å². The van der Waals surface area contributed by atoms with Crippen molar-refractivity contribution in [3.8, 4) is 0 Å². The van der Waals surface area contributed by atoms with Crippen LogP contribution >= 0.6 is 0 Å². The Labute approximate surface area is 336 Å². The number of hydrogen-bond acceptors (Lipinski definition) is 11. The molecule has 0 bridgehead atoms. The van der Waals surface area contributed by atoms with Crippen LogP contribution in [-0.4, -0.2) is 67.5 Å². The minimum atomic E-state index is -1.07. The molecule has 58 heavy (non-hydrogen) atoms. The average Bonchev–Trinajstić information content (AvgIpc) is 3.82. The number of carbonyl (C=O) groups is 2. The van der Waals surface area contributed by atoms with E-state index >= 15 is 0 Å². The van der Waals surface area contributed by atoms with Crippen LogP contribution in [-0.2, 0) is 29.3 Å².